The second-order valence-corrected chi connectivity index (χ2v) is 14.9. The zero-order chi connectivity index (χ0) is 35.1. The van der Waals surface area contributed by atoms with Gasteiger partial charge in [0.05, 0.1) is 18.6 Å². The van der Waals surface area contributed by atoms with Crippen molar-refractivity contribution in [2.75, 3.05) is 6.61 Å². The average molecular weight is 663 g/mol. The van der Waals surface area contributed by atoms with Gasteiger partial charge in [-0.2, -0.15) is 0 Å². The number of rotatable bonds is 12. The number of esters is 1. The van der Waals surface area contributed by atoms with Crippen LogP contribution in [0.5, 0.6) is 0 Å². The van der Waals surface area contributed by atoms with Crippen molar-refractivity contribution >= 4 is 35.3 Å². The molecule has 0 aromatic carbocycles. The topological polar surface area (TPSA) is 217 Å². The van der Waals surface area contributed by atoms with Crippen molar-refractivity contribution in [1.29, 1.82) is 0 Å². The Bertz CT molecular complexity index is 1330. The number of carbonyl (C=O) groups excluding carboxylic acids is 5. The smallest absolute Gasteiger partial charge is 0.328 e. The van der Waals surface area contributed by atoms with Crippen LogP contribution in [0.1, 0.15) is 92.4 Å². The Hall–Kier alpha value is -3.16. The molecule has 0 saturated heterocycles. The van der Waals surface area contributed by atoms with Crippen molar-refractivity contribution in [2.45, 2.75) is 122 Å². The van der Waals surface area contributed by atoms with Crippen LogP contribution in [0.15, 0.2) is 11.6 Å². The van der Waals surface area contributed by atoms with E-state index in [9.17, 15) is 49.2 Å². The van der Waals surface area contributed by atoms with Crippen molar-refractivity contribution < 1.29 is 53.9 Å². The van der Waals surface area contributed by atoms with Crippen molar-refractivity contribution in [2.24, 2.45) is 34.5 Å². The van der Waals surface area contributed by atoms with Crippen LogP contribution in [0, 0.1) is 34.5 Å². The third kappa shape index (κ3) is 6.89. The molecule has 0 heterocycles. The maximum atomic E-state index is 13.5. The molecule has 0 aromatic heterocycles. The number of hydrogen-bond acceptors (Lipinski definition) is 10. The van der Waals surface area contributed by atoms with Crippen LogP contribution in [-0.2, 0) is 33.5 Å². The van der Waals surface area contributed by atoms with Crippen molar-refractivity contribution in [3.05, 3.63) is 11.6 Å². The normalized spacial score (nSPS) is 34.9. The fraction of sp³-hybridized carbons (Fsp3) is 0.765. The van der Waals surface area contributed by atoms with E-state index < -0.39 is 83.8 Å². The quantitative estimate of drug-likeness (QED) is 0.163. The summed E-state index contributed by atoms with van der Waals surface area (Å²) in [7, 11) is 0. The largest absolute Gasteiger partial charge is 0.480 e. The summed E-state index contributed by atoms with van der Waals surface area (Å²) < 4.78 is 5.19. The number of aliphatic hydroxyl groups excluding tert-OH is 2. The van der Waals surface area contributed by atoms with Crippen LogP contribution >= 0.6 is 0 Å². The van der Waals surface area contributed by atoms with Crippen molar-refractivity contribution in [3.8, 4) is 0 Å². The Morgan fingerprint density at radius 3 is 2.30 bits per heavy atom. The number of nitrogens with one attached hydrogen (secondary N) is 2. The molecular weight excluding hydrogens is 612 g/mol. The molecule has 4 aliphatic rings. The molecule has 13 nitrogen and oxygen atoms in total. The average Bonchev–Trinajstić information content (AvgIpc) is 3.26. The summed E-state index contributed by atoms with van der Waals surface area (Å²) in [5.41, 5.74) is -1.95. The zero-order valence-corrected chi connectivity index (χ0v) is 27.9. The van der Waals surface area contributed by atoms with Crippen LogP contribution < -0.4 is 10.6 Å². The summed E-state index contributed by atoms with van der Waals surface area (Å²) >= 11 is 0. The van der Waals surface area contributed by atoms with Crippen LogP contribution in [0.4, 0.5) is 0 Å². The minimum atomic E-state index is -1.81. The molecule has 0 radical (unpaired) electrons. The summed E-state index contributed by atoms with van der Waals surface area (Å²) in [5.74, 6) is -4.79. The third-order valence-corrected chi connectivity index (χ3v) is 11.7. The van der Waals surface area contributed by atoms with Gasteiger partial charge in [-0.05, 0) is 80.6 Å². The number of aliphatic hydroxyl groups is 3. The number of ether oxygens (including phenoxy) is 1. The Kier molecular flexibility index (Phi) is 10.7. The van der Waals surface area contributed by atoms with E-state index >= 15 is 0 Å². The minimum absolute atomic E-state index is 0.0299. The van der Waals surface area contributed by atoms with Gasteiger partial charge < -0.3 is 35.8 Å². The Morgan fingerprint density at radius 2 is 1.68 bits per heavy atom. The molecule has 6 N–H and O–H groups in total. The highest BCUT2D eigenvalue weighted by Crippen LogP contribution is 2.67. The van der Waals surface area contributed by atoms with Crippen molar-refractivity contribution in [3.63, 3.8) is 0 Å². The van der Waals surface area contributed by atoms with Gasteiger partial charge >= 0.3 is 11.9 Å². The molecule has 0 aliphatic heterocycles. The number of carboxylic acids is 1. The first-order chi connectivity index (χ1) is 21.9. The standard InChI is InChI=1S/C34H50N2O11/c1-17(2)28(30(43)36-29(18(3)37)31(44)45)35-25(41)8-9-26(42)47-16-24(40)34(46)13-11-22-21-7-6-19-14-20(38)10-12-32(19,4)27(21)23(39)15-33(22,34)5/h14,17-18,21-23,27-29,37,39,46H,6-13,15-16H2,1-5H3,(H,35,41)(H,36,43)(H,44,45)/t18-,21-,22-,23-,27+,28+,29+,32-,33-,34-/m0/s1. The molecule has 0 bridgehead atoms. The lowest BCUT2D eigenvalue weighted by atomic mass is 9.45. The number of fused-ring (bicyclic) bond motifs is 5. The minimum Gasteiger partial charge on any atom is -0.480 e. The maximum absolute atomic E-state index is 13.5. The van der Waals surface area contributed by atoms with Crippen LogP contribution in [-0.4, -0.2) is 92.2 Å². The molecule has 0 unspecified atom stereocenters. The highest BCUT2D eigenvalue weighted by molar-refractivity contribution is 5.93. The van der Waals surface area contributed by atoms with Crippen LogP contribution in [0.3, 0.4) is 0 Å². The van der Waals surface area contributed by atoms with Gasteiger partial charge in [-0.3, -0.25) is 24.0 Å². The molecule has 10 atom stereocenters. The first-order valence-electron chi connectivity index (χ1n) is 16.7. The number of aliphatic carboxylic acids is 1. The van der Waals surface area contributed by atoms with E-state index in [-0.39, 0.29) is 48.2 Å². The molecule has 3 saturated carbocycles. The molecule has 0 spiro atoms. The van der Waals surface area contributed by atoms with E-state index in [1.807, 2.05) is 6.92 Å². The molecule has 4 rings (SSSR count). The van der Waals surface area contributed by atoms with Gasteiger partial charge in [0.1, 0.15) is 11.6 Å². The number of carbonyl (C=O) groups is 6. The predicted octanol–water partition coefficient (Wildman–Crippen LogP) is 1.20. The highest BCUT2D eigenvalue weighted by Gasteiger charge is 2.68. The molecule has 4 aliphatic carbocycles. The van der Waals surface area contributed by atoms with E-state index in [0.717, 1.165) is 18.4 Å². The first-order valence-corrected chi connectivity index (χ1v) is 16.7. The van der Waals surface area contributed by atoms with E-state index in [4.69, 9.17) is 4.74 Å². The summed E-state index contributed by atoms with van der Waals surface area (Å²) in [5, 5.41) is 46.9. The number of amides is 2. The molecule has 2 amide bonds. The van der Waals surface area contributed by atoms with Gasteiger partial charge in [0.2, 0.25) is 17.6 Å². The summed E-state index contributed by atoms with van der Waals surface area (Å²) in [6, 6.07) is -2.70. The third-order valence-electron chi connectivity index (χ3n) is 11.7. The first kappa shape index (κ1) is 36.7. The number of Topliss-reactive ketones (excluding diaryl/α,β-unsaturated/α-hetero) is 1. The summed E-state index contributed by atoms with van der Waals surface area (Å²) in [6.07, 6.45) is 2.42. The number of hydrogen-bond donors (Lipinski definition) is 6. The predicted molar refractivity (Wildman–Crippen MR) is 166 cm³/mol. The highest BCUT2D eigenvalue weighted by atomic mass is 16.5. The van der Waals surface area contributed by atoms with E-state index in [1.54, 1.807) is 19.9 Å². The van der Waals surface area contributed by atoms with Crippen LogP contribution in [0.25, 0.3) is 0 Å². The second kappa shape index (κ2) is 13.8. The second-order valence-electron chi connectivity index (χ2n) is 14.9. The fourth-order valence-corrected chi connectivity index (χ4v) is 9.12. The SMILES string of the molecule is CC(C)[C@@H](NC(=O)CCC(=O)OCC(=O)[C@@]1(O)CC[C@H]2[C@@H]3CCC4=CC(=O)CC[C@]4(C)[C@H]3[C@@H](O)C[C@@]21C)C(=O)N[C@@H](C(=O)O)[C@H](C)O. The van der Waals surface area contributed by atoms with Gasteiger partial charge in [0, 0.05) is 18.3 Å². The molecule has 3 fully saturated rings. The molecular formula is C34H50N2O11. The molecule has 0 aromatic rings. The maximum Gasteiger partial charge on any atom is 0.328 e. The zero-order valence-electron chi connectivity index (χ0n) is 27.9. The molecule has 262 valence electrons. The van der Waals surface area contributed by atoms with E-state index in [1.165, 1.54) is 6.92 Å². The number of allylic oxidation sites excluding steroid dienone is 1. The Balaban J connectivity index is 1.32. The lowest BCUT2D eigenvalue weighted by Crippen LogP contribution is -2.62. The Labute approximate surface area is 274 Å². The monoisotopic (exact) mass is 662 g/mol. The van der Waals surface area contributed by atoms with E-state index in [2.05, 4.69) is 17.6 Å². The van der Waals surface area contributed by atoms with Gasteiger partial charge in [-0.15, -0.1) is 0 Å². The van der Waals surface area contributed by atoms with Gasteiger partial charge in [-0.25, -0.2) is 4.79 Å². The molecule has 13 heteroatoms. The lowest BCUT2D eigenvalue weighted by Gasteiger charge is -2.60. The molecule has 47 heavy (non-hydrogen) atoms. The van der Waals surface area contributed by atoms with Crippen molar-refractivity contribution in [1.82, 2.24) is 10.6 Å². The Morgan fingerprint density at radius 1 is 1.00 bits per heavy atom. The summed E-state index contributed by atoms with van der Waals surface area (Å²) in [6.45, 7) is 7.75. The number of carboxylic acid groups (broad SMARTS) is 1. The van der Waals surface area contributed by atoms with Crippen LogP contribution in [0.2, 0.25) is 0 Å². The number of ketones is 2. The lowest BCUT2D eigenvalue weighted by molar-refractivity contribution is -0.184. The van der Waals surface area contributed by atoms with E-state index in [0.29, 0.717) is 19.3 Å². The van der Waals surface area contributed by atoms with Gasteiger partial charge in [0.15, 0.2) is 18.4 Å². The summed E-state index contributed by atoms with van der Waals surface area (Å²) in [4.78, 5) is 74.7. The fourth-order valence-electron chi connectivity index (χ4n) is 9.12. The van der Waals surface area contributed by atoms with Gasteiger partial charge in [0.25, 0.3) is 0 Å². The van der Waals surface area contributed by atoms with Gasteiger partial charge in [-0.1, -0.05) is 33.3 Å².